The highest BCUT2D eigenvalue weighted by Gasteiger charge is 2.20. The molecule has 2 N–H and O–H groups in total. The maximum absolute atomic E-state index is 11.2. The molecule has 0 radical (unpaired) electrons. The van der Waals surface area contributed by atoms with E-state index >= 15 is 0 Å². The van der Waals surface area contributed by atoms with Gasteiger partial charge in [0.2, 0.25) is 5.91 Å². The molecule has 13 heavy (non-hydrogen) atoms. The van der Waals surface area contributed by atoms with Crippen molar-refractivity contribution in [3.63, 3.8) is 0 Å². The summed E-state index contributed by atoms with van der Waals surface area (Å²) in [5, 5.41) is 12.1. The first-order valence-corrected chi connectivity index (χ1v) is 4.74. The third-order valence-corrected chi connectivity index (χ3v) is 2.42. The van der Waals surface area contributed by atoms with Crippen LogP contribution in [0, 0.1) is 0 Å². The van der Waals surface area contributed by atoms with Gasteiger partial charge in [-0.15, -0.1) is 0 Å². The first kappa shape index (κ1) is 10.3. The summed E-state index contributed by atoms with van der Waals surface area (Å²) in [6.45, 7) is 5.28. The van der Waals surface area contributed by atoms with Crippen molar-refractivity contribution < 1.29 is 9.90 Å². The summed E-state index contributed by atoms with van der Waals surface area (Å²) in [6, 6.07) is 0.229. The van der Waals surface area contributed by atoms with Gasteiger partial charge in [0.05, 0.1) is 6.10 Å². The van der Waals surface area contributed by atoms with Crippen molar-refractivity contribution in [1.82, 2.24) is 5.32 Å². The average molecular weight is 183 g/mol. The molecule has 0 spiro atoms. The fraction of sp³-hybridized carbons (Fsp3) is 0.700. The first-order valence-electron chi connectivity index (χ1n) is 4.74. The number of carbonyl (C=O) groups is 1. The fourth-order valence-electron chi connectivity index (χ4n) is 1.53. The summed E-state index contributed by atoms with van der Waals surface area (Å²) in [5.41, 5.74) is 0.547. The minimum Gasteiger partial charge on any atom is -0.393 e. The van der Waals surface area contributed by atoms with Crippen molar-refractivity contribution >= 4 is 5.91 Å². The van der Waals surface area contributed by atoms with Crippen LogP contribution in [0.25, 0.3) is 0 Å². The fourth-order valence-corrected chi connectivity index (χ4v) is 1.53. The van der Waals surface area contributed by atoms with Gasteiger partial charge in [-0.05, 0) is 32.6 Å². The standard InChI is InChI=1S/C10H17NO2/c1-7(2)10(13)11-8-3-5-9(12)6-4-8/h8-9,12H,1,3-6H2,2H3,(H,11,13)/t8-,9-. The zero-order valence-corrected chi connectivity index (χ0v) is 8.05. The lowest BCUT2D eigenvalue weighted by atomic mass is 9.93. The topological polar surface area (TPSA) is 49.3 Å². The highest BCUT2D eigenvalue weighted by molar-refractivity contribution is 5.92. The molecule has 0 bridgehead atoms. The molecule has 1 rings (SSSR count). The monoisotopic (exact) mass is 183 g/mol. The summed E-state index contributed by atoms with van der Waals surface area (Å²) in [7, 11) is 0. The number of rotatable bonds is 2. The van der Waals surface area contributed by atoms with Gasteiger partial charge in [-0.3, -0.25) is 4.79 Å². The predicted octanol–water partition coefficient (Wildman–Crippen LogP) is 0.982. The van der Waals surface area contributed by atoms with E-state index in [2.05, 4.69) is 11.9 Å². The normalized spacial score (nSPS) is 28.2. The third-order valence-electron chi connectivity index (χ3n) is 2.42. The average Bonchev–Trinajstić information content (AvgIpc) is 2.08. The molecule has 0 atom stereocenters. The predicted molar refractivity (Wildman–Crippen MR) is 51.2 cm³/mol. The largest absolute Gasteiger partial charge is 0.393 e. The zero-order chi connectivity index (χ0) is 9.84. The molecule has 1 fully saturated rings. The Kier molecular flexibility index (Phi) is 3.48. The molecule has 3 nitrogen and oxygen atoms in total. The summed E-state index contributed by atoms with van der Waals surface area (Å²) in [4.78, 5) is 11.2. The molecular weight excluding hydrogens is 166 g/mol. The number of hydrogen-bond acceptors (Lipinski definition) is 2. The van der Waals surface area contributed by atoms with Crippen LogP contribution >= 0.6 is 0 Å². The lowest BCUT2D eigenvalue weighted by Crippen LogP contribution is -2.38. The Morgan fingerprint density at radius 1 is 1.38 bits per heavy atom. The quantitative estimate of drug-likeness (QED) is 0.627. The Hall–Kier alpha value is -0.830. The molecule has 74 valence electrons. The van der Waals surface area contributed by atoms with E-state index in [1.165, 1.54) is 0 Å². The van der Waals surface area contributed by atoms with Gasteiger partial charge >= 0.3 is 0 Å². The van der Waals surface area contributed by atoms with Crippen LogP contribution in [-0.2, 0) is 4.79 Å². The van der Waals surface area contributed by atoms with E-state index in [0.717, 1.165) is 25.7 Å². The molecule has 0 aromatic carbocycles. The van der Waals surface area contributed by atoms with Gasteiger partial charge in [0.15, 0.2) is 0 Å². The Labute approximate surface area is 78.8 Å². The molecule has 0 unspecified atom stereocenters. The van der Waals surface area contributed by atoms with Crippen LogP contribution in [-0.4, -0.2) is 23.2 Å². The van der Waals surface area contributed by atoms with E-state index in [-0.39, 0.29) is 18.1 Å². The van der Waals surface area contributed by atoms with Gasteiger partial charge in [0.1, 0.15) is 0 Å². The zero-order valence-electron chi connectivity index (χ0n) is 8.05. The number of aliphatic hydroxyl groups is 1. The minimum absolute atomic E-state index is 0.0682. The molecule has 0 aromatic heterocycles. The maximum atomic E-state index is 11.2. The second-order valence-corrected chi connectivity index (χ2v) is 3.76. The lowest BCUT2D eigenvalue weighted by Gasteiger charge is -2.26. The van der Waals surface area contributed by atoms with Gasteiger partial charge in [-0.2, -0.15) is 0 Å². The number of carbonyl (C=O) groups excluding carboxylic acids is 1. The van der Waals surface area contributed by atoms with Crippen molar-refractivity contribution in [1.29, 1.82) is 0 Å². The van der Waals surface area contributed by atoms with Crippen LogP contribution in [0.1, 0.15) is 32.6 Å². The maximum Gasteiger partial charge on any atom is 0.246 e. The van der Waals surface area contributed by atoms with E-state index in [1.54, 1.807) is 6.92 Å². The highest BCUT2D eigenvalue weighted by Crippen LogP contribution is 2.18. The summed E-state index contributed by atoms with van der Waals surface area (Å²) < 4.78 is 0. The second kappa shape index (κ2) is 4.42. The van der Waals surface area contributed by atoms with E-state index in [9.17, 15) is 9.90 Å². The van der Waals surface area contributed by atoms with E-state index in [4.69, 9.17) is 0 Å². The Balaban J connectivity index is 2.30. The van der Waals surface area contributed by atoms with Crippen molar-refractivity contribution in [3.8, 4) is 0 Å². The van der Waals surface area contributed by atoms with E-state index in [1.807, 2.05) is 0 Å². The van der Waals surface area contributed by atoms with Crippen LogP contribution in [0.4, 0.5) is 0 Å². The summed E-state index contributed by atoms with van der Waals surface area (Å²) in [5.74, 6) is -0.0682. The van der Waals surface area contributed by atoms with Gasteiger partial charge in [0, 0.05) is 11.6 Å². The molecule has 0 aromatic rings. The van der Waals surface area contributed by atoms with E-state index < -0.39 is 0 Å². The molecule has 0 saturated heterocycles. The lowest BCUT2D eigenvalue weighted by molar-refractivity contribution is -0.118. The number of hydrogen-bond donors (Lipinski definition) is 2. The van der Waals surface area contributed by atoms with Crippen molar-refractivity contribution in [3.05, 3.63) is 12.2 Å². The molecule has 1 aliphatic rings. The summed E-state index contributed by atoms with van der Waals surface area (Å²) >= 11 is 0. The smallest absolute Gasteiger partial charge is 0.246 e. The van der Waals surface area contributed by atoms with Gasteiger partial charge in [-0.25, -0.2) is 0 Å². The van der Waals surface area contributed by atoms with Crippen LogP contribution in [0.15, 0.2) is 12.2 Å². The Bertz CT molecular complexity index is 205. The second-order valence-electron chi connectivity index (χ2n) is 3.76. The van der Waals surface area contributed by atoms with Crippen LogP contribution in [0.2, 0.25) is 0 Å². The number of nitrogens with one attached hydrogen (secondary N) is 1. The molecule has 0 aliphatic heterocycles. The van der Waals surface area contributed by atoms with Crippen molar-refractivity contribution in [2.24, 2.45) is 0 Å². The molecule has 1 saturated carbocycles. The first-order chi connectivity index (χ1) is 6.09. The van der Waals surface area contributed by atoms with Gasteiger partial charge in [-0.1, -0.05) is 6.58 Å². The molecule has 1 amide bonds. The molecule has 3 heteroatoms. The highest BCUT2D eigenvalue weighted by atomic mass is 16.3. The number of amides is 1. The Morgan fingerprint density at radius 3 is 2.38 bits per heavy atom. The number of aliphatic hydroxyl groups excluding tert-OH is 1. The van der Waals surface area contributed by atoms with Gasteiger partial charge < -0.3 is 10.4 Å². The third kappa shape index (κ3) is 3.19. The Morgan fingerprint density at radius 2 is 1.92 bits per heavy atom. The van der Waals surface area contributed by atoms with Crippen molar-refractivity contribution in [2.45, 2.75) is 44.8 Å². The molecular formula is C10H17NO2. The minimum atomic E-state index is -0.169. The molecule has 0 heterocycles. The van der Waals surface area contributed by atoms with Gasteiger partial charge in [0.25, 0.3) is 0 Å². The SMILES string of the molecule is C=C(C)C(=O)N[C@H]1CC[C@H](O)CC1. The van der Waals surface area contributed by atoms with E-state index in [0.29, 0.717) is 5.57 Å². The van der Waals surface area contributed by atoms with Crippen LogP contribution in [0.5, 0.6) is 0 Å². The summed E-state index contributed by atoms with van der Waals surface area (Å²) in [6.07, 6.45) is 3.17. The van der Waals surface area contributed by atoms with Crippen LogP contribution in [0.3, 0.4) is 0 Å². The molecule has 1 aliphatic carbocycles. The van der Waals surface area contributed by atoms with Crippen molar-refractivity contribution in [2.75, 3.05) is 0 Å². The van der Waals surface area contributed by atoms with Crippen LogP contribution < -0.4 is 5.32 Å².